The van der Waals surface area contributed by atoms with Crippen LogP contribution in [0.3, 0.4) is 0 Å². The van der Waals surface area contributed by atoms with Crippen molar-refractivity contribution in [2.24, 2.45) is 5.92 Å². The van der Waals surface area contributed by atoms with Crippen molar-refractivity contribution in [3.05, 3.63) is 28.8 Å². The Bertz CT molecular complexity index is 393. The summed E-state index contributed by atoms with van der Waals surface area (Å²) in [6.07, 6.45) is 0.928. The van der Waals surface area contributed by atoms with Gasteiger partial charge in [-0.05, 0) is 31.0 Å². The Kier molecular flexibility index (Phi) is 5.45. The second-order valence-electron chi connectivity index (χ2n) is 5.04. The Morgan fingerprint density at radius 3 is 2.72 bits per heavy atom. The van der Waals surface area contributed by atoms with Crippen LogP contribution in [0.5, 0.6) is 5.75 Å². The molecule has 0 aromatic heterocycles. The molecule has 1 aromatic rings. The van der Waals surface area contributed by atoms with Gasteiger partial charge in [-0.1, -0.05) is 31.9 Å². The SMILES string of the molecule is CCC(C)C(C)(O)CNCc1cc(Cl)ccc1O. The van der Waals surface area contributed by atoms with Crippen LogP contribution in [0.2, 0.25) is 5.02 Å². The van der Waals surface area contributed by atoms with E-state index in [4.69, 9.17) is 11.6 Å². The lowest BCUT2D eigenvalue weighted by atomic mass is 9.88. The molecule has 0 aliphatic carbocycles. The molecular weight excluding hydrogens is 250 g/mol. The first-order valence-electron chi connectivity index (χ1n) is 6.27. The number of hydrogen-bond acceptors (Lipinski definition) is 3. The number of aromatic hydroxyl groups is 1. The molecule has 2 unspecified atom stereocenters. The van der Waals surface area contributed by atoms with Gasteiger partial charge < -0.3 is 15.5 Å². The summed E-state index contributed by atoms with van der Waals surface area (Å²) in [6.45, 7) is 6.87. The zero-order chi connectivity index (χ0) is 13.8. The highest BCUT2D eigenvalue weighted by molar-refractivity contribution is 6.30. The van der Waals surface area contributed by atoms with Crippen LogP contribution < -0.4 is 5.32 Å². The maximum absolute atomic E-state index is 10.2. The molecule has 0 radical (unpaired) electrons. The Balaban J connectivity index is 2.53. The van der Waals surface area contributed by atoms with E-state index in [1.807, 2.05) is 13.8 Å². The Morgan fingerprint density at radius 2 is 2.11 bits per heavy atom. The third kappa shape index (κ3) is 4.16. The second-order valence-corrected chi connectivity index (χ2v) is 5.48. The number of benzene rings is 1. The molecule has 0 aliphatic heterocycles. The summed E-state index contributed by atoms with van der Waals surface area (Å²) in [5, 5.41) is 23.6. The number of phenolic OH excluding ortho intramolecular Hbond substituents is 1. The minimum absolute atomic E-state index is 0.218. The molecule has 0 amide bonds. The average molecular weight is 272 g/mol. The van der Waals surface area contributed by atoms with E-state index in [0.29, 0.717) is 18.1 Å². The lowest BCUT2D eigenvalue weighted by Crippen LogP contribution is -2.42. The molecule has 3 nitrogen and oxygen atoms in total. The number of aliphatic hydroxyl groups is 1. The van der Waals surface area contributed by atoms with E-state index in [1.54, 1.807) is 18.2 Å². The summed E-state index contributed by atoms with van der Waals surface area (Å²) in [7, 11) is 0. The molecule has 1 rings (SSSR count). The van der Waals surface area contributed by atoms with Crippen molar-refractivity contribution < 1.29 is 10.2 Å². The highest BCUT2D eigenvalue weighted by Gasteiger charge is 2.26. The van der Waals surface area contributed by atoms with Gasteiger partial charge in [-0.3, -0.25) is 0 Å². The van der Waals surface area contributed by atoms with Gasteiger partial charge in [0.05, 0.1) is 5.60 Å². The van der Waals surface area contributed by atoms with Crippen molar-refractivity contribution in [3.8, 4) is 5.75 Å². The molecule has 3 N–H and O–H groups in total. The Hall–Kier alpha value is -0.770. The van der Waals surface area contributed by atoms with Crippen LogP contribution in [-0.4, -0.2) is 22.4 Å². The molecule has 0 heterocycles. The molecule has 102 valence electrons. The lowest BCUT2D eigenvalue weighted by Gasteiger charge is -2.30. The van der Waals surface area contributed by atoms with Crippen molar-refractivity contribution in [1.29, 1.82) is 0 Å². The average Bonchev–Trinajstić information content (AvgIpc) is 2.32. The molecule has 0 spiro atoms. The first-order chi connectivity index (χ1) is 8.36. The predicted octanol–water partition coefficient (Wildman–Crippen LogP) is 2.93. The normalized spacial score (nSPS) is 16.3. The van der Waals surface area contributed by atoms with Crippen molar-refractivity contribution in [1.82, 2.24) is 5.32 Å². The fraction of sp³-hybridized carbons (Fsp3) is 0.571. The lowest BCUT2D eigenvalue weighted by molar-refractivity contribution is 0.00531. The van der Waals surface area contributed by atoms with Gasteiger partial charge in [0.15, 0.2) is 0 Å². The van der Waals surface area contributed by atoms with E-state index in [9.17, 15) is 10.2 Å². The maximum Gasteiger partial charge on any atom is 0.120 e. The van der Waals surface area contributed by atoms with Crippen LogP contribution in [0.1, 0.15) is 32.8 Å². The quantitative estimate of drug-likeness (QED) is 0.746. The Morgan fingerprint density at radius 1 is 1.44 bits per heavy atom. The number of phenols is 1. The summed E-state index contributed by atoms with van der Waals surface area (Å²) < 4.78 is 0. The summed E-state index contributed by atoms with van der Waals surface area (Å²) in [4.78, 5) is 0. The van der Waals surface area contributed by atoms with Crippen molar-refractivity contribution in [2.45, 2.75) is 39.3 Å². The number of halogens is 1. The monoisotopic (exact) mass is 271 g/mol. The van der Waals surface area contributed by atoms with Gasteiger partial charge in [0.1, 0.15) is 5.75 Å². The van der Waals surface area contributed by atoms with Gasteiger partial charge >= 0.3 is 0 Å². The second kappa shape index (κ2) is 6.41. The number of rotatable bonds is 6. The van der Waals surface area contributed by atoms with E-state index in [-0.39, 0.29) is 11.7 Å². The smallest absolute Gasteiger partial charge is 0.120 e. The van der Waals surface area contributed by atoms with Gasteiger partial charge in [0.25, 0.3) is 0 Å². The fourth-order valence-corrected chi connectivity index (χ4v) is 1.95. The molecule has 1 aromatic carbocycles. The minimum Gasteiger partial charge on any atom is -0.508 e. The van der Waals surface area contributed by atoms with E-state index in [2.05, 4.69) is 12.2 Å². The van der Waals surface area contributed by atoms with Crippen LogP contribution in [0.15, 0.2) is 18.2 Å². The molecule has 4 heteroatoms. The summed E-state index contributed by atoms with van der Waals surface area (Å²) in [5.74, 6) is 0.438. The highest BCUT2D eigenvalue weighted by Crippen LogP contribution is 2.22. The molecule has 0 saturated heterocycles. The molecule has 0 fully saturated rings. The first kappa shape index (κ1) is 15.3. The van der Waals surface area contributed by atoms with Crippen molar-refractivity contribution in [2.75, 3.05) is 6.54 Å². The topological polar surface area (TPSA) is 52.5 Å². The molecule has 0 bridgehead atoms. The predicted molar refractivity (Wildman–Crippen MR) is 74.9 cm³/mol. The van der Waals surface area contributed by atoms with E-state index in [0.717, 1.165) is 12.0 Å². The molecule has 18 heavy (non-hydrogen) atoms. The van der Waals surface area contributed by atoms with Gasteiger partial charge in [0, 0.05) is 23.7 Å². The highest BCUT2D eigenvalue weighted by atomic mass is 35.5. The van der Waals surface area contributed by atoms with Crippen molar-refractivity contribution >= 4 is 11.6 Å². The maximum atomic E-state index is 10.2. The third-order valence-corrected chi connectivity index (χ3v) is 3.75. The van der Waals surface area contributed by atoms with Gasteiger partial charge in [0.2, 0.25) is 0 Å². The van der Waals surface area contributed by atoms with Crippen LogP contribution in [-0.2, 0) is 6.54 Å². The number of nitrogens with one attached hydrogen (secondary N) is 1. The summed E-state index contributed by atoms with van der Waals surface area (Å²) in [6, 6.07) is 4.95. The Labute approximate surface area is 114 Å². The summed E-state index contributed by atoms with van der Waals surface area (Å²) in [5.41, 5.74) is -0.00870. The zero-order valence-corrected chi connectivity index (χ0v) is 12.0. The molecular formula is C14H22ClNO2. The molecule has 0 aliphatic rings. The van der Waals surface area contributed by atoms with Crippen LogP contribution in [0.4, 0.5) is 0 Å². The molecule has 0 saturated carbocycles. The minimum atomic E-state index is -0.747. The van der Waals surface area contributed by atoms with Gasteiger partial charge in [-0.2, -0.15) is 0 Å². The zero-order valence-electron chi connectivity index (χ0n) is 11.2. The van der Waals surface area contributed by atoms with E-state index in [1.165, 1.54) is 0 Å². The van der Waals surface area contributed by atoms with Gasteiger partial charge in [-0.25, -0.2) is 0 Å². The standard InChI is InChI=1S/C14H22ClNO2/c1-4-10(2)14(3,18)9-16-8-11-7-12(15)5-6-13(11)17/h5-7,10,16-18H,4,8-9H2,1-3H3. The fourth-order valence-electron chi connectivity index (χ4n) is 1.76. The third-order valence-electron chi connectivity index (χ3n) is 3.51. The van der Waals surface area contributed by atoms with Crippen LogP contribution >= 0.6 is 11.6 Å². The van der Waals surface area contributed by atoms with Crippen LogP contribution in [0, 0.1) is 5.92 Å². The molecule has 2 atom stereocenters. The van der Waals surface area contributed by atoms with E-state index >= 15 is 0 Å². The van der Waals surface area contributed by atoms with Gasteiger partial charge in [-0.15, -0.1) is 0 Å². The first-order valence-corrected chi connectivity index (χ1v) is 6.65. The number of hydrogen-bond donors (Lipinski definition) is 3. The van der Waals surface area contributed by atoms with Crippen LogP contribution in [0.25, 0.3) is 0 Å². The summed E-state index contributed by atoms with van der Waals surface area (Å²) >= 11 is 5.87. The van der Waals surface area contributed by atoms with Crippen molar-refractivity contribution in [3.63, 3.8) is 0 Å². The van der Waals surface area contributed by atoms with E-state index < -0.39 is 5.60 Å². The largest absolute Gasteiger partial charge is 0.508 e.